The molecule has 0 radical (unpaired) electrons. The summed E-state index contributed by atoms with van der Waals surface area (Å²) in [5.41, 5.74) is 4.41. The fraction of sp³-hybridized carbons (Fsp3) is 0.286. The zero-order valence-corrected chi connectivity index (χ0v) is 18.0. The van der Waals surface area contributed by atoms with E-state index in [0.717, 1.165) is 60.7 Å². The molecular weight excluding hydrogens is 413 g/mol. The number of H-pyrrole nitrogens is 1. The van der Waals surface area contributed by atoms with Crippen LogP contribution in [-0.2, 0) is 4.74 Å². The molecule has 0 saturated carbocycles. The van der Waals surface area contributed by atoms with Gasteiger partial charge < -0.3 is 9.72 Å². The van der Waals surface area contributed by atoms with Gasteiger partial charge in [-0.25, -0.2) is 4.98 Å². The van der Waals surface area contributed by atoms with Crippen molar-refractivity contribution in [3.05, 3.63) is 60.7 Å². The maximum absolute atomic E-state index is 5.41. The molecule has 2 heterocycles. The van der Waals surface area contributed by atoms with E-state index in [1.54, 1.807) is 11.8 Å². The summed E-state index contributed by atoms with van der Waals surface area (Å²) < 4.78 is 5.41. The Kier molecular flexibility index (Phi) is 9.35. The Balaban J connectivity index is 0.00000140. The van der Waals surface area contributed by atoms with E-state index in [4.69, 9.17) is 9.72 Å². The maximum atomic E-state index is 5.41. The molecule has 4 rings (SSSR count). The summed E-state index contributed by atoms with van der Waals surface area (Å²) >= 11 is 1.79. The zero-order valence-electron chi connectivity index (χ0n) is 15.5. The lowest BCUT2D eigenvalue weighted by Gasteiger charge is -2.26. The number of aromatic nitrogens is 2. The van der Waals surface area contributed by atoms with Crippen molar-refractivity contribution in [1.82, 2.24) is 14.9 Å². The quantitative estimate of drug-likeness (QED) is 0.550. The normalized spacial score (nSPS) is 14.1. The number of rotatable bonds is 6. The van der Waals surface area contributed by atoms with E-state index in [0.29, 0.717) is 0 Å². The molecule has 1 aliphatic rings. The number of morpholine rings is 1. The number of hydrogen-bond acceptors (Lipinski definition) is 4. The van der Waals surface area contributed by atoms with E-state index in [1.807, 2.05) is 12.1 Å². The molecular formula is C21H25Cl2N3OS. The Morgan fingerprint density at radius 1 is 0.893 bits per heavy atom. The van der Waals surface area contributed by atoms with Crippen molar-refractivity contribution in [3.8, 4) is 22.5 Å². The summed E-state index contributed by atoms with van der Waals surface area (Å²) in [6.45, 7) is 4.83. The standard InChI is InChI=1S/C21H23N3OS.2ClH/c1-3-7-17(8-4-1)19-20(18-9-5-2-6-10-18)23-21(22-19)26-16-13-24-11-14-25-15-12-24;;/h1-10H,11-16H2,(H,22,23);2*1H. The third-order valence-corrected chi connectivity index (χ3v) is 5.40. The highest BCUT2D eigenvalue weighted by molar-refractivity contribution is 7.99. The van der Waals surface area contributed by atoms with Gasteiger partial charge in [0.2, 0.25) is 0 Å². The number of nitrogens with one attached hydrogen (secondary N) is 1. The lowest BCUT2D eigenvalue weighted by atomic mass is 10.1. The van der Waals surface area contributed by atoms with E-state index in [-0.39, 0.29) is 24.8 Å². The van der Waals surface area contributed by atoms with Gasteiger partial charge in [0, 0.05) is 36.5 Å². The number of aromatic amines is 1. The third kappa shape index (κ3) is 5.75. The predicted molar refractivity (Wildman–Crippen MR) is 122 cm³/mol. The van der Waals surface area contributed by atoms with Crippen molar-refractivity contribution in [2.45, 2.75) is 5.16 Å². The first-order valence-corrected chi connectivity index (χ1v) is 10.0. The number of imidazole rings is 1. The van der Waals surface area contributed by atoms with Crippen LogP contribution in [0.15, 0.2) is 65.8 Å². The van der Waals surface area contributed by atoms with Crippen LogP contribution in [0.1, 0.15) is 0 Å². The minimum Gasteiger partial charge on any atom is -0.379 e. The van der Waals surface area contributed by atoms with Crippen LogP contribution in [0.25, 0.3) is 22.5 Å². The van der Waals surface area contributed by atoms with E-state index in [9.17, 15) is 0 Å². The van der Waals surface area contributed by atoms with Crippen molar-refractivity contribution >= 4 is 36.6 Å². The van der Waals surface area contributed by atoms with Gasteiger partial charge in [-0.1, -0.05) is 72.4 Å². The van der Waals surface area contributed by atoms with Crippen LogP contribution in [0.3, 0.4) is 0 Å². The highest BCUT2D eigenvalue weighted by Crippen LogP contribution is 2.32. The molecule has 0 amide bonds. The van der Waals surface area contributed by atoms with Crippen molar-refractivity contribution in [1.29, 1.82) is 0 Å². The number of benzene rings is 2. The second-order valence-corrected chi connectivity index (χ2v) is 7.38. The van der Waals surface area contributed by atoms with Gasteiger partial charge >= 0.3 is 0 Å². The van der Waals surface area contributed by atoms with Gasteiger partial charge in [-0.05, 0) is 0 Å². The van der Waals surface area contributed by atoms with Crippen LogP contribution >= 0.6 is 36.6 Å². The molecule has 28 heavy (non-hydrogen) atoms. The lowest BCUT2D eigenvalue weighted by molar-refractivity contribution is 0.0410. The fourth-order valence-corrected chi connectivity index (χ4v) is 4.01. The van der Waals surface area contributed by atoms with Gasteiger partial charge in [-0.15, -0.1) is 24.8 Å². The summed E-state index contributed by atoms with van der Waals surface area (Å²) in [5, 5.41) is 0.982. The number of hydrogen-bond donors (Lipinski definition) is 1. The van der Waals surface area contributed by atoms with Gasteiger partial charge in [0.1, 0.15) is 0 Å². The lowest BCUT2D eigenvalue weighted by Crippen LogP contribution is -2.37. The molecule has 0 aliphatic carbocycles. The highest BCUT2D eigenvalue weighted by Gasteiger charge is 2.15. The molecule has 150 valence electrons. The molecule has 0 atom stereocenters. The number of halogens is 2. The molecule has 0 spiro atoms. The summed E-state index contributed by atoms with van der Waals surface area (Å²) in [5.74, 6) is 1.02. The number of thioether (sulfide) groups is 1. The van der Waals surface area contributed by atoms with Crippen molar-refractivity contribution in [3.63, 3.8) is 0 Å². The van der Waals surface area contributed by atoms with Crippen LogP contribution in [-0.4, -0.2) is 53.5 Å². The highest BCUT2D eigenvalue weighted by atomic mass is 35.5. The molecule has 3 aromatic rings. The molecule has 1 saturated heterocycles. The summed E-state index contributed by atoms with van der Waals surface area (Å²) in [7, 11) is 0. The maximum Gasteiger partial charge on any atom is 0.166 e. The third-order valence-electron chi connectivity index (χ3n) is 4.54. The van der Waals surface area contributed by atoms with Gasteiger partial charge in [-0.2, -0.15) is 0 Å². The Morgan fingerprint density at radius 2 is 1.50 bits per heavy atom. The van der Waals surface area contributed by atoms with Gasteiger partial charge in [0.15, 0.2) is 5.16 Å². The molecule has 1 aromatic heterocycles. The van der Waals surface area contributed by atoms with Crippen LogP contribution in [0.5, 0.6) is 0 Å². The molecule has 1 N–H and O–H groups in total. The molecule has 4 nitrogen and oxygen atoms in total. The second-order valence-electron chi connectivity index (χ2n) is 6.30. The smallest absolute Gasteiger partial charge is 0.166 e. The Labute approximate surface area is 182 Å². The first-order chi connectivity index (χ1) is 12.9. The first kappa shape index (κ1) is 22.8. The van der Waals surface area contributed by atoms with E-state index in [1.165, 1.54) is 5.56 Å². The van der Waals surface area contributed by atoms with Crippen LogP contribution in [0.2, 0.25) is 0 Å². The van der Waals surface area contributed by atoms with Gasteiger partial charge in [0.25, 0.3) is 0 Å². The minimum atomic E-state index is 0. The fourth-order valence-electron chi connectivity index (χ4n) is 3.13. The Hall–Kier alpha value is -1.50. The first-order valence-electron chi connectivity index (χ1n) is 9.04. The predicted octanol–water partition coefficient (Wildman–Crippen LogP) is 5.01. The number of nitrogens with zero attached hydrogens (tertiary/aromatic N) is 2. The van der Waals surface area contributed by atoms with E-state index in [2.05, 4.69) is 58.4 Å². The molecule has 7 heteroatoms. The molecule has 0 unspecified atom stereocenters. The zero-order chi connectivity index (χ0) is 17.6. The largest absolute Gasteiger partial charge is 0.379 e. The molecule has 2 aromatic carbocycles. The van der Waals surface area contributed by atoms with Crippen molar-refractivity contribution in [2.24, 2.45) is 0 Å². The van der Waals surface area contributed by atoms with Crippen LogP contribution in [0, 0.1) is 0 Å². The molecule has 0 bridgehead atoms. The van der Waals surface area contributed by atoms with Crippen molar-refractivity contribution in [2.75, 3.05) is 38.6 Å². The van der Waals surface area contributed by atoms with E-state index >= 15 is 0 Å². The summed E-state index contributed by atoms with van der Waals surface area (Å²) in [6, 6.07) is 20.8. The Morgan fingerprint density at radius 3 is 2.14 bits per heavy atom. The summed E-state index contributed by atoms with van der Waals surface area (Å²) in [4.78, 5) is 10.9. The van der Waals surface area contributed by atoms with Crippen molar-refractivity contribution < 1.29 is 4.74 Å². The average molecular weight is 438 g/mol. The second kappa shape index (κ2) is 11.5. The monoisotopic (exact) mass is 437 g/mol. The summed E-state index contributed by atoms with van der Waals surface area (Å²) in [6.07, 6.45) is 0. The van der Waals surface area contributed by atoms with E-state index < -0.39 is 0 Å². The minimum absolute atomic E-state index is 0. The van der Waals surface area contributed by atoms with Gasteiger partial charge in [0.05, 0.1) is 24.6 Å². The topological polar surface area (TPSA) is 41.2 Å². The SMILES string of the molecule is Cl.Cl.c1ccc(-c2nc(SCCN3CCOCC3)[nH]c2-c2ccccc2)cc1. The molecule has 1 fully saturated rings. The number of ether oxygens (including phenoxy) is 1. The Bertz CT molecular complexity index is 767. The molecule has 1 aliphatic heterocycles. The van der Waals surface area contributed by atoms with Gasteiger partial charge in [-0.3, -0.25) is 4.90 Å². The average Bonchev–Trinajstić information content (AvgIpc) is 3.14. The van der Waals surface area contributed by atoms with Crippen LogP contribution in [0.4, 0.5) is 0 Å². The van der Waals surface area contributed by atoms with Crippen LogP contribution < -0.4 is 0 Å².